The molecule has 1 aliphatic carbocycles. The molecule has 1 atom stereocenters. The Labute approximate surface area is 183 Å². The number of nitrogens with one attached hydrogen (secondary N) is 1. The lowest BCUT2D eigenvalue weighted by atomic mass is 10.1. The maximum atomic E-state index is 12.4. The number of hydrogen-bond acceptors (Lipinski definition) is 5. The van der Waals surface area contributed by atoms with Crippen molar-refractivity contribution in [3.05, 3.63) is 45.6 Å². The Kier molecular flexibility index (Phi) is 7.21. The third-order valence-corrected chi connectivity index (χ3v) is 5.42. The summed E-state index contributed by atoms with van der Waals surface area (Å²) in [4.78, 5) is 16.8. The molecule has 0 aliphatic heterocycles. The van der Waals surface area contributed by atoms with Gasteiger partial charge in [0.25, 0.3) is 5.91 Å². The fourth-order valence-corrected chi connectivity index (χ4v) is 3.70. The van der Waals surface area contributed by atoms with Gasteiger partial charge in [0.2, 0.25) is 5.88 Å². The van der Waals surface area contributed by atoms with Crippen molar-refractivity contribution >= 4 is 23.2 Å². The molecule has 162 valence electrons. The van der Waals surface area contributed by atoms with Crippen LogP contribution in [0.25, 0.3) is 0 Å². The normalized spacial score (nSPS) is 14.4. The first-order valence-electron chi connectivity index (χ1n) is 10.4. The second kappa shape index (κ2) is 9.67. The van der Waals surface area contributed by atoms with E-state index in [-0.39, 0.29) is 17.5 Å². The molecule has 30 heavy (non-hydrogen) atoms. The fraction of sp³-hybridized carbons (Fsp3) is 0.478. The van der Waals surface area contributed by atoms with E-state index >= 15 is 0 Å². The SMILES string of the molecule is CCC(COCC1CC1)Nc1cc(C)nc(Oc2c(C)cc(Cl)cc2C)c1C(N)=O. The van der Waals surface area contributed by atoms with Gasteiger partial charge in [-0.25, -0.2) is 4.98 Å². The zero-order chi connectivity index (χ0) is 21.8. The van der Waals surface area contributed by atoms with Gasteiger partial charge in [-0.1, -0.05) is 18.5 Å². The van der Waals surface area contributed by atoms with E-state index in [0.717, 1.165) is 29.8 Å². The quantitative estimate of drug-likeness (QED) is 0.542. The summed E-state index contributed by atoms with van der Waals surface area (Å²) >= 11 is 6.13. The molecular formula is C23H30ClN3O3. The highest BCUT2D eigenvalue weighted by Crippen LogP contribution is 2.35. The van der Waals surface area contributed by atoms with Gasteiger partial charge in [0.1, 0.15) is 11.3 Å². The molecule has 1 aromatic carbocycles. The van der Waals surface area contributed by atoms with Crippen molar-refractivity contribution in [3.8, 4) is 11.6 Å². The number of pyridine rings is 1. The molecule has 1 fully saturated rings. The molecule has 1 amide bonds. The molecule has 1 aromatic heterocycles. The number of benzene rings is 1. The summed E-state index contributed by atoms with van der Waals surface area (Å²) < 4.78 is 11.9. The summed E-state index contributed by atoms with van der Waals surface area (Å²) in [5.41, 5.74) is 9.00. The predicted octanol–water partition coefficient (Wildman–Crippen LogP) is 5.17. The molecule has 2 aromatic rings. The average molecular weight is 432 g/mol. The van der Waals surface area contributed by atoms with Crippen LogP contribution < -0.4 is 15.8 Å². The summed E-state index contributed by atoms with van der Waals surface area (Å²) in [5.74, 6) is 0.911. The Morgan fingerprint density at radius 2 is 1.93 bits per heavy atom. The van der Waals surface area contributed by atoms with E-state index in [9.17, 15) is 4.79 Å². The van der Waals surface area contributed by atoms with E-state index < -0.39 is 5.91 Å². The van der Waals surface area contributed by atoms with Crippen LogP contribution in [-0.4, -0.2) is 30.1 Å². The van der Waals surface area contributed by atoms with Gasteiger partial charge in [0.15, 0.2) is 0 Å². The predicted molar refractivity (Wildman–Crippen MR) is 120 cm³/mol. The van der Waals surface area contributed by atoms with Crippen molar-refractivity contribution in [2.24, 2.45) is 11.7 Å². The zero-order valence-electron chi connectivity index (χ0n) is 18.0. The number of rotatable bonds is 10. The van der Waals surface area contributed by atoms with Gasteiger partial charge in [-0.05, 0) is 75.3 Å². The van der Waals surface area contributed by atoms with Gasteiger partial charge in [-0.15, -0.1) is 0 Å². The van der Waals surface area contributed by atoms with E-state index in [4.69, 9.17) is 26.8 Å². The highest BCUT2D eigenvalue weighted by Gasteiger charge is 2.24. The maximum absolute atomic E-state index is 12.4. The van der Waals surface area contributed by atoms with E-state index in [2.05, 4.69) is 17.2 Å². The Bertz CT molecular complexity index is 905. The van der Waals surface area contributed by atoms with Crippen LogP contribution in [-0.2, 0) is 4.74 Å². The van der Waals surface area contributed by atoms with Crippen LogP contribution in [0.15, 0.2) is 18.2 Å². The number of nitrogens with two attached hydrogens (primary N) is 1. The molecule has 3 rings (SSSR count). The minimum Gasteiger partial charge on any atom is -0.438 e. The summed E-state index contributed by atoms with van der Waals surface area (Å²) in [6.07, 6.45) is 3.35. The molecule has 0 spiro atoms. The number of amides is 1. The average Bonchev–Trinajstić information content (AvgIpc) is 3.47. The van der Waals surface area contributed by atoms with E-state index in [0.29, 0.717) is 29.0 Å². The van der Waals surface area contributed by atoms with Gasteiger partial charge >= 0.3 is 0 Å². The molecule has 3 N–H and O–H groups in total. The van der Waals surface area contributed by atoms with Crippen molar-refractivity contribution in [1.82, 2.24) is 4.98 Å². The number of primary amides is 1. The van der Waals surface area contributed by atoms with E-state index in [1.165, 1.54) is 12.8 Å². The molecule has 1 unspecified atom stereocenters. The molecule has 7 heteroatoms. The molecule has 0 radical (unpaired) electrons. The smallest absolute Gasteiger partial charge is 0.256 e. The Hall–Kier alpha value is -2.31. The van der Waals surface area contributed by atoms with Gasteiger partial charge in [0.05, 0.1) is 12.3 Å². The maximum Gasteiger partial charge on any atom is 0.256 e. The van der Waals surface area contributed by atoms with Gasteiger partial charge < -0.3 is 20.5 Å². The largest absolute Gasteiger partial charge is 0.438 e. The number of anilines is 1. The number of carbonyl (C=O) groups excluding carboxylic acids is 1. The van der Waals surface area contributed by atoms with Crippen LogP contribution >= 0.6 is 11.6 Å². The first-order chi connectivity index (χ1) is 14.3. The third kappa shape index (κ3) is 5.64. The first-order valence-corrected chi connectivity index (χ1v) is 10.8. The minimum absolute atomic E-state index is 0.0514. The third-order valence-electron chi connectivity index (χ3n) is 5.21. The van der Waals surface area contributed by atoms with E-state index in [1.54, 1.807) is 0 Å². The number of nitrogens with zero attached hydrogens (tertiary/aromatic N) is 1. The first kappa shape index (κ1) is 22.4. The van der Waals surface area contributed by atoms with Gasteiger partial charge in [-0.2, -0.15) is 0 Å². The van der Waals surface area contributed by atoms with E-state index in [1.807, 2.05) is 39.0 Å². The van der Waals surface area contributed by atoms with Crippen LogP contribution in [0, 0.1) is 26.7 Å². The van der Waals surface area contributed by atoms with Crippen LogP contribution in [0.2, 0.25) is 5.02 Å². The summed E-state index contributed by atoms with van der Waals surface area (Å²) in [7, 11) is 0. The number of halogens is 1. The lowest BCUT2D eigenvalue weighted by molar-refractivity contribution is 0.0997. The summed E-state index contributed by atoms with van der Waals surface area (Å²) in [6.45, 7) is 9.09. The molecule has 0 bridgehead atoms. The van der Waals surface area contributed by atoms with Crippen molar-refractivity contribution in [3.63, 3.8) is 0 Å². The van der Waals surface area contributed by atoms with Gasteiger partial charge in [-0.3, -0.25) is 4.79 Å². The summed E-state index contributed by atoms with van der Waals surface area (Å²) in [5, 5.41) is 4.04. The summed E-state index contributed by atoms with van der Waals surface area (Å²) in [6, 6.07) is 5.49. The molecule has 6 nitrogen and oxygen atoms in total. The van der Waals surface area contributed by atoms with Crippen LogP contribution in [0.3, 0.4) is 0 Å². The topological polar surface area (TPSA) is 86.5 Å². The standard InChI is InChI=1S/C23H30ClN3O3/c1-5-18(12-29-11-16-6-7-16)27-19-10-15(4)26-23(20(19)22(25)28)30-21-13(2)8-17(24)9-14(21)3/h8-10,16,18H,5-7,11-12H2,1-4H3,(H2,25,28)(H,26,27). The van der Waals surface area contributed by atoms with Crippen molar-refractivity contribution in [2.45, 2.75) is 53.0 Å². The molecule has 1 heterocycles. The number of carbonyl (C=O) groups is 1. The number of hydrogen-bond donors (Lipinski definition) is 2. The van der Waals surface area contributed by atoms with Crippen molar-refractivity contribution in [1.29, 1.82) is 0 Å². The highest BCUT2D eigenvalue weighted by atomic mass is 35.5. The van der Waals surface area contributed by atoms with Crippen LogP contribution in [0.4, 0.5) is 5.69 Å². The zero-order valence-corrected chi connectivity index (χ0v) is 18.8. The molecule has 0 saturated heterocycles. The van der Waals surface area contributed by atoms with Crippen LogP contribution in [0.5, 0.6) is 11.6 Å². The second-order valence-corrected chi connectivity index (χ2v) is 8.49. The van der Waals surface area contributed by atoms with Crippen LogP contribution in [0.1, 0.15) is 53.4 Å². The lowest BCUT2D eigenvalue weighted by Gasteiger charge is -2.22. The molecule has 1 saturated carbocycles. The molecule has 1 aliphatic rings. The van der Waals surface area contributed by atoms with Crippen molar-refractivity contribution < 1.29 is 14.3 Å². The van der Waals surface area contributed by atoms with Gasteiger partial charge in [0, 0.05) is 23.4 Å². The highest BCUT2D eigenvalue weighted by molar-refractivity contribution is 6.30. The Morgan fingerprint density at radius 1 is 1.27 bits per heavy atom. The number of ether oxygens (including phenoxy) is 2. The fourth-order valence-electron chi connectivity index (χ4n) is 3.37. The number of aromatic nitrogens is 1. The molecular weight excluding hydrogens is 402 g/mol. The lowest BCUT2D eigenvalue weighted by Crippen LogP contribution is -2.27. The Morgan fingerprint density at radius 3 is 2.50 bits per heavy atom. The number of aryl methyl sites for hydroxylation is 3. The Balaban J connectivity index is 1.88. The monoisotopic (exact) mass is 431 g/mol. The van der Waals surface area contributed by atoms with Crippen molar-refractivity contribution in [2.75, 3.05) is 18.5 Å². The minimum atomic E-state index is -0.599. The second-order valence-electron chi connectivity index (χ2n) is 8.06.